The number of nitrogens with zero attached hydrogens (tertiary/aromatic N) is 2. The Balaban J connectivity index is 1.23. The first-order chi connectivity index (χ1) is 18.2. The van der Waals surface area contributed by atoms with E-state index in [4.69, 9.17) is 27.9 Å². The molecule has 202 valence electrons. The van der Waals surface area contributed by atoms with Crippen LogP contribution in [0, 0.1) is 17.8 Å². The summed E-state index contributed by atoms with van der Waals surface area (Å²) in [6.45, 7) is 5.67. The van der Waals surface area contributed by atoms with Crippen LogP contribution in [0.4, 0.5) is 0 Å². The number of halogens is 2. The Bertz CT molecular complexity index is 1280. The smallest absolute Gasteiger partial charge is 0.308 e. The maximum atomic E-state index is 12.9. The molecule has 0 saturated heterocycles. The van der Waals surface area contributed by atoms with E-state index in [0.29, 0.717) is 16.0 Å². The lowest BCUT2D eigenvalue weighted by Crippen LogP contribution is -2.51. The molecule has 5 nitrogen and oxygen atoms in total. The largest absolute Gasteiger partial charge is 0.458 e. The van der Waals surface area contributed by atoms with Gasteiger partial charge in [0, 0.05) is 25.3 Å². The van der Waals surface area contributed by atoms with E-state index in [9.17, 15) is 4.79 Å². The Morgan fingerprint density at radius 3 is 2.63 bits per heavy atom. The second-order valence-electron chi connectivity index (χ2n) is 11.3. The average molecular weight is 555 g/mol. The van der Waals surface area contributed by atoms with Crippen LogP contribution in [0.15, 0.2) is 48.5 Å². The fourth-order valence-corrected chi connectivity index (χ4v) is 6.41. The highest BCUT2D eigenvalue weighted by Crippen LogP contribution is 2.53. The number of aromatic nitrogens is 2. The van der Waals surface area contributed by atoms with Gasteiger partial charge in [0.1, 0.15) is 11.4 Å². The number of aromatic amines is 1. The minimum atomic E-state index is -0.423. The molecule has 1 fully saturated rings. The Hall–Kier alpha value is -2.34. The molecule has 6 rings (SSSR count). The molecule has 0 aliphatic heterocycles. The van der Waals surface area contributed by atoms with Crippen molar-refractivity contribution in [3.8, 4) is 0 Å². The van der Waals surface area contributed by atoms with Crippen molar-refractivity contribution in [1.82, 2.24) is 14.9 Å². The molecule has 3 aromatic rings. The van der Waals surface area contributed by atoms with E-state index in [2.05, 4.69) is 58.3 Å². The monoisotopic (exact) mass is 553 g/mol. The normalized spacial score (nSPS) is 22.9. The first-order valence-corrected chi connectivity index (χ1v) is 14.5. The molecule has 1 heterocycles. The van der Waals surface area contributed by atoms with Crippen LogP contribution in [-0.4, -0.2) is 46.6 Å². The first kappa shape index (κ1) is 27.2. The molecule has 38 heavy (non-hydrogen) atoms. The Kier molecular flexibility index (Phi) is 8.18. The lowest BCUT2D eigenvalue weighted by atomic mass is 9.60. The molecule has 0 unspecified atom stereocenters. The SMILES string of the molecule is CC(C)C(=O)O[C@]1(CCN(C)CCCc2nc3cc(Cl)c(Cl)cc3[nH]2)C[C@@H]2CC[C@H]1C=C2c1ccccc1. The highest BCUT2D eigenvalue weighted by atomic mass is 35.5. The molecule has 0 amide bonds. The van der Waals surface area contributed by atoms with Gasteiger partial charge in [-0.3, -0.25) is 4.79 Å². The van der Waals surface area contributed by atoms with E-state index < -0.39 is 5.60 Å². The number of nitrogens with one attached hydrogen (secondary N) is 1. The van der Waals surface area contributed by atoms with E-state index in [1.165, 1.54) is 11.1 Å². The number of imidazole rings is 1. The molecule has 0 spiro atoms. The van der Waals surface area contributed by atoms with Crippen LogP contribution in [0.5, 0.6) is 0 Å². The highest BCUT2D eigenvalue weighted by molar-refractivity contribution is 6.42. The number of benzene rings is 2. The minimum Gasteiger partial charge on any atom is -0.458 e. The van der Waals surface area contributed by atoms with E-state index in [1.807, 2.05) is 19.9 Å². The fraction of sp³-hybridized carbons (Fsp3) is 0.484. The third-order valence-corrected chi connectivity index (χ3v) is 8.96. The van der Waals surface area contributed by atoms with Gasteiger partial charge in [-0.05, 0) is 68.5 Å². The number of H-pyrrole nitrogens is 1. The zero-order chi connectivity index (χ0) is 26.9. The molecule has 2 aromatic carbocycles. The fourth-order valence-electron chi connectivity index (χ4n) is 6.09. The molecule has 0 radical (unpaired) electrons. The molecule has 3 aliphatic rings. The summed E-state index contributed by atoms with van der Waals surface area (Å²) in [5, 5.41) is 1.05. The number of ether oxygens (including phenoxy) is 1. The number of rotatable bonds is 10. The Labute approximate surface area is 235 Å². The van der Waals surface area contributed by atoms with E-state index in [0.717, 1.165) is 68.5 Å². The number of allylic oxidation sites excluding steroid dienone is 1. The van der Waals surface area contributed by atoms with Crippen molar-refractivity contribution >= 4 is 45.8 Å². The van der Waals surface area contributed by atoms with Gasteiger partial charge in [0.15, 0.2) is 0 Å². The number of carbonyl (C=O) groups excluding carboxylic acids is 1. The number of hydrogen-bond donors (Lipinski definition) is 1. The zero-order valence-electron chi connectivity index (χ0n) is 22.5. The van der Waals surface area contributed by atoms with Gasteiger partial charge in [-0.1, -0.05) is 73.5 Å². The Morgan fingerprint density at radius 2 is 1.92 bits per heavy atom. The minimum absolute atomic E-state index is 0.0834. The summed E-state index contributed by atoms with van der Waals surface area (Å²) in [4.78, 5) is 23.2. The lowest BCUT2D eigenvalue weighted by molar-refractivity contribution is -0.176. The summed E-state index contributed by atoms with van der Waals surface area (Å²) in [7, 11) is 2.16. The number of carbonyl (C=O) groups is 1. The van der Waals surface area contributed by atoms with Gasteiger partial charge in [0.05, 0.1) is 27.0 Å². The number of aryl methyl sites for hydroxylation is 1. The van der Waals surface area contributed by atoms with Crippen LogP contribution in [0.2, 0.25) is 10.0 Å². The van der Waals surface area contributed by atoms with Crippen molar-refractivity contribution in [3.05, 3.63) is 70.0 Å². The number of esters is 1. The van der Waals surface area contributed by atoms with Crippen molar-refractivity contribution < 1.29 is 9.53 Å². The molecule has 1 aromatic heterocycles. The second-order valence-corrected chi connectivity index (χ2v) is 12.2. The van der Waals surface area contributed by atoms with Gasteiger partial charge < -0.3 is 14.6 Å². The van der Waals surface area contributed by atoms with Crippen molar-refractivity contribution in [2.24, 2.45) is 17.8 Å². The van der Waals surface area contributed by atoms with Crippen molar-refractivity contribution in [1.29, 1.82) is 0 Å². The topological polar surface area (TPSA) is 58.2 Å². The lowest BCUT2D eigenvalue weighted by Gasteiger charge is -2.50. The average Bonchev–Trinajstić information content (AvgIpc) is 3.29. The Morgan fingerprint density at radius 1 is 1.16 bits per heavy atom. The molecule has 7 heteroatoms. The van der Waals surface area contributed by atoms with E-state index >= 15 is 0 Å². The third kappa shape index (κ3) is 5.80. The summed E-state index contributed by atoms with van der Waals surface area (Å²) in [6.07, 6.45) is 8.24. The molecule has 3 atom stereocenters. The van der Waals surface area contributed by atoms with Gasteiger partial charge in [-0.15, -0.1) is 0 Å². The number of fused-ring (bicyclic) bond motifs is 3. The van der Waals surface area contributed by atoms with Crippen molar-refractivity contribution in [2.75, 3.05) is 20.1 Å². The quantitative estimate of drug-likeness (QED) is 0.263. The molecule has 1 saturated carbocycles. The van der Waals surface area contributed by atoms with Crippen LogP contribution in [-0.2, 0) is 16.0 Å². The van der Waals surface area contributed by atoms with Gasteiger partial charge in [-0.2, -0.15) is 0 Å². The van der Waals surface area contributed by atoms with E-state index in [-0.39, 0.29) is 17.8 Å². The zero-order valence-corrected chi connectivity index (χ0v) is 24.0. The van der Waals surface area contributed by atoms with Crippen molar-refractivity contribution in [3.63, 3.8) is 0 Å². The van der Waals surface area contributed by atoms with E-state index in [1.54, 1.807) is 6.07 Å². The summed E-state index contributed by atoms with van der Waals surface area (Å²) in [5.74, 6) is 1.42. The highest BCUT2D eigenvalue weighted by Gasteiger charge is 2.50. The molecule has 2 bridgehead atoms. The van der Waals surface area contributed by atoms with Gasteiger partial charge in [-0.25, -0.2) is 4.98 Å². The standard InChI is InChI=1S/C31H37Cl2N3O2/c1-20(2)30(37)38-31(19-22-11-12-23(31)16-24(22)21-8-5-4-6-9-21)13-15-36(3)14-7-10-29-34-27-17-25(32)26(33)18-28(27)35-29/h4-6,8-9,16-18,20,22-23H,7,10-15,19H2,1-3H3,(H,34,35)/t22-,23-,31+/m0/s1. The number of hydrogen-bond acceptors (Lipinski definition) is 4. The van der Waals surface area contributed by atoms with Crippen LogP contribution in [0.25, 0.3) is 16.6 Å². The molecular formula is C31H37Cl2N3O2. The second kappa shape index (κ2) is 11.4. The van der Waals surface area contributed by atoms with Crippen LogP contribution >= 0.6 is 23.2 Å². The molecular weight excluding hydrogens is 517 g/mol. The van der Waals surface area contributed by atoms with Gasteiger partial charge in [0.2, 0.25) is 0 Å². The third-order valence-electron chi connectivity index (χ3n) is 8.24. The summed E-state index contributed by atoms with van der Waals surface area (Å²) in [5.41, 5.74) is 4.06. The summed E-state index contributed by atoms with van der Waals surface area (Å²) >= 11 is 12.3. The van der Waals surface area contributed by atoms with Gasteiger partial charge >= 0.3 is 5.97 Å². The van der Waals surface area contributed by atoms with Crippen LogP contribution in [0.1, 0.15) is 57.3 Å². The molecule has 1 N–H and O–H groups in total. The predicted molar refractivity (Wildman–Crippen MR) is 155 cm³/mol. The van der Waals surface area contributed by atoms with Crippen LogP contribution < -0.4 is 0 Å². The summed E-state index contributed by atoms with van der Waals surface area (Å²) in [6, 6.07) is 14.3. The predicted octanol–water partition coefficient (Wildman–Crippen LogP) is 7.58. The van der Waals surface area contributed by atoms with Crippen LogP contribution in [0.3, 0.4) is 0 Å². The maximum absolute atomic E-state index is 12.9. The van der Waals surface area contributed by atoms with Gasteiger partial charge in [0.25, 0.3) is 0 Å². The first-order valence-electron chi connectivity index (χ1n) is 13.8. The maximum Gasteiger partial charge on any atom is 0.308 e. The molecule has 3 aliphatic carbocycles. The van der Waals surface area contributed by atoms with Crippen molar-refractivity contribution in [2.45, 2.75) is 58.0 Å². The summed E-state index contributed by atoms with van der Waals surface area (Å²) < 4.78 is 6.39.